The maximum atomic E-state index is 9.42. The largest absolute Gasteiger partial charge is 0.392 e. The highest BCUT2D eigenvalue weighted by molar-refractivity contribution is 4.70. The van der Waals surface area contributed by atoms with Crippen LogP contribution in [0.3, 0.4) is 0 Å². The molecule has 1 rings (SSSR count). The number of likely N-dealkylation sites (N-methyl/N-ethyl adjacent to an activating group) is 1. The van der Waals surface area contributed by atoms with E-state index in [1.54, 1.807) is 0 Å². The van der Waals surface area contributed by atoms with E-state index in [4.69, 9.17) is 4.74 Å². The van der Waals surface area contributed by atoms with Gasteiger partial charge in [-0.3, -0.25) is 0 Å². The molecule has 0 amide bonds. The molecule has 0 radical (unpaired) electrons. The fourth-order valence-electron chi connectivity index (χ4n) is 1.70. The van der Waals surface area contributed by atoms with E-state index in [0.717, 1.165) is 26.1 Å². The number of hydrogen-bond donors (Lipinski definition) is 1. The number of aliphatic hydroxyl groups is 1. The zero-order chi connectivity index (χ0) is 9.68. The molecule has 3 heteroatoms. The van der Waals surface area contributed by atoms with E-state index in [0.29, 0.717) is 6.10 Å². The van der Waals surface area contributed by atoms with Crippen molar-refractivity contribution in [3.8, 4) is 0 Å². The van der Waals surface area contributed by atoms with E-state index in [-0.39, 0.29) is 6.10 Å². The zero-order valence-corrected chi connectivity index (χ0v) is 8.70. The lowest BCUT2D eigenvalue weighted by molar-refractivity contribution is 0.0595. The van der Waals surface area contributed by atoms with Crippen molar-refractivity contribution >= 4 is 0 Å². The minimum atomic E-state index is -0.189. The van der Waals surface area contributed by atoms with Gasteiger partial charge < -0.3 is 14.7 Å². The predicted molar refractivity (Wildman–Crippen MR) is 52.8 cm³/mol. The third-order valence-corrected chi connectivity index (χ3v) is 2.53. The summed E-state index contributed by atoms with van der Waals surface area (Å²) < 4.78 is 5.52. The Kier molecular flexibility index (Phi) is 4.70. The van der Waals surface area contributed by atoms with Crippen LogP contribution in [0, 0.1) is 0 Å². The first-order valence-electron chi connectivity index (χ1n) is 5.20. The molecule has 1 aliphatic rings. The fourth-order valence-corrected chi connectivity index (χ4v) is 1.70. The summed E-state index contributed by atoms with van der Waals surface area (Å²) in [6.45, 7) is 4.63. The van der Waals surface area contributed by atoms with Crippen LogP contribution in [0.15, 0.2) is 0 Å². The molecule has 0 aromatic heterocycles. The van der Waals surface area contributed by atoms with E-state index < -0.39 is 0 Å². The van der Waals surface area contributed by atoms with Gasteiger partial charge in [0.05, 0.1) is 12.2 Å². The molecule has 1 aliphatic heterocycles. The van der Waals surface area contributed by atoms with Gasteiger partial charge in [0.15, 0.2) is 0 Å². The average molecular weight is 187 g/mol. The lowest BCUT2D eigenvalue weighted by atomic mass is 10.2. The lowest BCUT2D eigenvalue weighted by Crippen LogP contribution is -2.34. The molecule has 0 bridgehead atoms. The van der Waals surface area contributed by atoms with Crippen molar-refractivity contribution in [2.45, 2.75) is 38.4 Å². The summed E-state index contributed by atoms with van der Waals surface area (Å²) >= 11 is 0. The molecule has 0 aromatic rings. The SMILES string of the molecule is CCC(O)CN(C)CC1CCCO1. The van der Waals surface area contributed by atoms with Gasteiger partial charge in [0.1, 0.15) is 0 Å². The van der Waals surface area contributed by atoms with Crippen molar-refractivity contribution in [3.05, 3.63) is 0 Å². The van der Waals surface area contributed by atoms with Crippen molar-refractivity contribution in [3.63, 3.8) is 0 Å². The molecular formula is C10H21NO2. The normalized spacial score (nSPS) is 25.4. The quantitative estimate of drug-likeness (QED) is 0.693. The van der Waals surface area contributed by atoms with E-state index in [2.05, 4.69) is 4.90 Å². The van der Waals surface area contributed by atoms with Crippen LogP contribution < -0.4 is 0 Å². The topological polar surface area (TPSA) is 32.7 Å². The molecule has 2 unspecified atom stereocenters. The van der Waals surface area contributed by atoms with Gasteiger partial charge in [-0.1, -0.05) is 6.92 Å². The Hall–Kier alpha value is -0.120. The van der Waals surface area contributed by atoms with Gasteiger partial charge in [-0.15, -0.1) is 0 Å². The summed E-state index contributed by atoms with van der Waals surface area (Å²) in [4.78, 5) is 2.16. The number of ether oxygens (including phenoxy) is 1. The monoisotopic (exact) mass is 187 g/mol. The minimum Gasteiger partial charge on any atom is -0.392 e. The second kappa shape index (κ2) is 5.58. The summed E-state index contributed by atoms with van der Waals surface area (Å²) in [6, 6.07) is 0. The molecule has 0 spiro atoms. The molecular weight excluding hydrogens is 166 g/mol. The molecule has 78 valence electrons. The van der Waals surface area contributed by atoms with Crippen molar-refractivity contribution in [2.24, 2.45) is 0 Å². The van der Waals surface area contributed by atoms with Crippen LogP contribution in [0.4, 0.5) is 0 Å². The van der Waals surface area contributed by atoms with Crippen molar-refractivity contribution in [1.29, 1.82) is 0 Å². The molecule has 3 nitrogen and oxygen atoms in total. The van der Waals surface area contributed by atoms with Crippen molar-refractivity contribution in [2.75, 3.05) is 26.7 Å². The van der Waals surface area contributed by atoms with Gasteiger partial charge in [0, 0.05) is 19.7 Å². The van der Waals surface area contributed by atoms with E-state index in [1.807, 2.05) is 14.0 Å². The molecule has 0 saturated carbocycles. The molecule has 0 aromatic carbocycles. The Morgan fingerprint density at radius 3 is 2.92 bits per heavy atom. The highest BCUT2D eigenvalue weighted by atomic mass is 16.5. The van der Waals surface area contributed by atoms with Gasteiger partial charge in [-0.05, 0) is 26.3 Å². The fraction of sp³-hybridized carbons (Fsp3) is 1.00. The van der Waals surface area contributed by atoms with Crippen LogP contribution in [0.1, 0.15) is 26.2 Å². The van der Waals surface area contributed by atoms with Gasteiger partial charge in [-0.25, -0.2) is 0 Å². The summed E-state index contributed by atoms with van der Waals surface area (Å²) in [5.74, 6) is 0. The van der Waals surface area contributed by atoms with Crippen LogP contribution >= 0.6 is 0 Å². The molecule has 0 aliphatic carbocycles. The van der Waals surface area contributed by atoms with E-state index >= 15 is 0 Å². The van der Waals surface area contributed by atoms with Crippen LogP contribution in [0.25, 0.3) is 0 Å². The predicted octanol–water partition coefficient (Wildman–Crippen LogP) is 0.868. The Balaban J connectivity index is 2.12. The number of rotatable bonds is 5. The number of nitrogens with zero attached hydrogens (tertiary/aromatic N) is 1. The van der Waals surface area contributed by atoms with Crippen molar-refractivity contribution < 1.29 is 9.84 Å². The standard InChI is InChI=1S/C10H21NO2/c1-3-9(12)7-11(2)8-10-5-4-6-13-10/h9-10,12H,3-8H2,1-2H3. The van der Waals surface area contributed by atoms with Crippen LogP contribution in [-0.2, 0) is 4.74 Å². The maximum Gasteiger partial charge on any atom is 0.0702 e. The molecule has 1 heterocycles. The van der Waals surface area contributed by atoms with E-state index in [9.17, 15) is 5.11 Å². The van der Waals surface area contributed by atoms with Gasteiger partial charge >= 0.3 is 0 Å². The summed E-state index contributed by atoms with van der Waals surface area (Å²) in [5, 5.41) is 9.42. The van der Waals surface area contributed by atoms with Crippen LogP contribution in [0.2, 0.25) is 0 Å². The minimum absolute atomic E-state index is 0.189. The first-order valence-corrected chi connectivity index (χ1v) is 5.20. The molecule has 2 atom stereocenters. The Morgan fingerprint density at radius 1 is 1.62 bits per heavy atom. The van der Waals surface area contributed by atoms with Crippen LogP contribution in [0.5, 0.6) is 0 Å². The Bertz CT molecular complexity index is 135. The first-order chi connectivity index (χ1) is 6.22. The Morgan fingerprint density at radius 2 is 2.38 bits per heavy atom. The highest BCUT2D eigenvalue weighted by Crippen LogP contribution is 2.12. The molecule has 1 saturated heterocycles. The molecule has 1 N–H and O–H groups in total. The summed E-state index contributed by atoms with van der Waals surface area (Å²) in [7, 11) is 2.04. The zero-order valence-electron chi connectivity index (χ0n) is 8.70. The van der Waals surface area contributed by atoms with Crippen molar-refractivity contribution in [1.82, 2.24) is 4.90 Å². The van der Waals surface area contributed by atoms with Gasteiger partial charge in [0.2, 0.25) is 0 Å². The second-order valence-corrected chi connectivity index (χ2v) is 3.92. The smallest absolute Gasteiger partial charge is 0.0702 e. The highest BCUT2D eigenvalue weighted by Gasteiger charge is 2.18. The van der Waals surface area contributed by atoms with E-state index in [1.165, 1.54) is 12.8 Å². The van der Waals surface area contributed by atoms with Gasteiger partial charge in [-0.2, -0.15) is 0 Å². The summed E-state index contributed by atoms with van der Waals surface area (Å²) in [5.41, 5.74) is 0. The van der Waals surface area contributed by atoms with Crippen LogP contribution in [-0.4, -0.2) is 49.0 Å². The maximum absolute atomic E-state index is 9.42. The first kappa shape index (κ1) is 11.0. The number of hydrogen-bond acceptors (Lipinski definition) is 3. The summed E-state index contributed by atoms with van der Waals surface area (Å²) in [6.07, 6.45) is 3.40. The third kappa shape index (κ3) is 4.07. The number of aliphatic hydroxyl groups excluding tert-OH is 1. The van der Waals surface area contributed by atoms with Gasteiger partial charge in [0.25, 0.3) is 0 Å². The third-order valence-electron chi connectivity index (χ3n) is 2.53. The lowest BCUT2D eigenvalue weighted by Gasteiger charge is -2.22. The average Bonchev–Trinajstić information content (AvgIpc) is 2.56. The molecule has 13 heavy (non-hydrogen) atoms. The molecule has 1 fully saturated rings. The second-order valence-electron chi connectivity index (χ2n) is 3.92. The Labute approximate surface area is 80.7 Å².